The van der Waals surface area contributed by atoms with Crippen molar-refractivity contribution < 1.29 is 19.2 Å². The summed E-state index contributed by atoms with van der Waals surface area (Å²) < 4.78 is 10.1. The lowest BCUT2D eigenvalue weighted by molar-refractivity contribution is -0.385. The number of carbonyl (C=O) groups excluding carboxylic acids is 1. The van der Waals surface area contributed by atoms with Crippen LogP contribution in [0.2, 0.25) is 0 Å². The number of nitro groups is 1. The van der Waals surface area contributed by atoms with Crippen LogP contribution in [0.4, 0.5) is 11.4 Å². The Labute approximate surface area is 121 Å². The largest absolute Gasteiger partial charge is 0.465 e. The summed E-state index contributed by atoms with van der Waals surface area (Å²) in [7, 11) is 1.22. The van der Waals surface area contributed by atoms with Crippen molar-refractivity contribution >= 4 is 17.3 Å². The van der Waals surface area contributed by atoms with Crippen molar-refractivity contribution in [1.82, 2.24) is 0 Å². The van der Waals surface area contributed by atoms with Gasteiger partial charge in [0.05, 0.1) is 24.7 Å². The van der Waals surface area contributed by atoms with Gasteiger partial charge in [-0.25, -0.2) is 4.79 Å². The van der Waals surface area contributed by atoms with Crippen LogP contribution in [-0.4, -0.2) is 43.8 Å². The number of methoxy groups -OCH3 is 1. The molecule has 0 aliphatic carbocycles. The van der Waals surface area contributed by atoms with Gasteiger partial charge in [-0.3, -0.25) is 10.1 Å². The molecule has 0 amide bonds. The maximum absolute atomic E-state index is 11.8. The molecule has 1 unspecified atom stereocenters. The molecule has 7 heteroatoms. The van der Waals surface area contributed by atoms with Gasteiger partial charge >= 0.3 is 5.97 Å². The van der Waals surface area contributed by atoms with Crippen LogP contribution in [0.25, 0.3) is 0 Å². The van der Waals surface area contributed by atoms with E-state index in [0.717, 1.165) is 37.2 Å². The number of hydrogen-bond donors (Lipinski definition) is 0. The highest BCUT2D eigenvalue weighted by Gasteiger charge is 2.33. The van der Waals surface area contributed by atoms with Gasteiger partial charge in [0.15, 0.2) is 0 Å². The summed E-state index contributed by atoms with van der Waals surface area (Å²) >= 11 is 0. The van der Waals surface area contributed by atoms with Gasteiger partial charge in [0, 0.05) is 24.9 Å². The van der Waals surface area contributed by atoms with E-state index in [1.165, 1.54) is 13.2 Å². The van der Waals surface area contributed by atoms with Gasteiger partial charge < -0.3 is 14.4 Å². The van der Waals surface area contributed by atoms with Crippen LogP contribution in [0.3, 0.4) is 0 Å². The number of nitrogens with zero attached hydrogens (tertiary/aromatic N) is 2. The molecule has 0 bridgehead atoms. The average molecular weight is 292 g/mol. The minimum atomic E-state index is -0.681. The van der Waals surface area contributed by atoms with Crippen LogP contribution in [0.15, 0.2) is 12.1 Å². The summed E-state index contributed by atoms with van der Waals surface area (Å²) in [5, 5.41) is 11.1. The second-order valence-corrected chi connectivity index (χ2v) is 5.21. The molecule has 1 aromatic carbocycles. The number of esters is 1. The maximum Gasteiger partial charge on any atom is 0.344 e. The smallest absolute Gasteiger partial charge is 0.344 e. The number of hydrogen-bond acceptors (Lipinski definition) is 6. The molecule has 0 saturated carbocycles. The third kappa shape index (κ3) is 2.33. The lowest BCUT2D eigenvalue weighted by atomic mass is 10.1. The van der Waals surface area contributed by atoms with E-state index in [-0.39, 0.29) is 17.3 Å². The Bertz CT molecular complexity index is 595. The van der Waals surface area contributed by atoms with Crippen molar-refractivity contribution in [3.8, 4) is 0 Å². The summed E-state index contributed by atoms with van der Waals surface area (Å²) in [4.78, 5) is 24.6. The van der Waals surface area contributed by atoms with E-state index in [1.54, 1.807) is 6.07 Å². The van der Waals surface area contributed by atoms with E-state index in [2.05, 4.69) is 9.64 Å². The molecule has 1 fully saturated rings. The van der Waals surface area contributed by atoms with E-state index in [0.29, 0.717) is 6.61 Å². The zero-order valence-corrected chi connectivity index (χ0v) is 11.7. The first-order chi connectivity index (χ1) is 10.1. The Morgan fingerprint density at radius 1 is 1.52 bits per heavy atom. The molecular weight excluding hydrogens is 276 g/mol. The van der Waals surface area contributed by atoms with Gasteiger partial charge in [0.2, 0.25) is 0 Å². The van der Waals surface area contributed by atoms with Crippen LogP contribution < -0.4 is 4.90 Å². The molecule has 2 aliphatic heterocycles. The van der Waals surface area contributed by atoms with Crippen molar-refractivity contribution in [1.29, 1.82) is 0 Å². The Morgan fingerprint density at radius 3 is 2.95 bits per heavy atom. The SMILES string of the molecule is COC(=O)c1cc2c(cc1[N+](=O)[O-])CCN2C1CCOC1. The predicted octanol–water partition coefficient (Wildman–Crippen LogP) is 1.53. The van der Waals surface area contributed by atoms with Crippen molar-refractivity contribution in [2.45, 2.75) is 18.9 Å². The molecule has 0 aromatic heterocycles. The van der Waals surface area contributed by atoms with Gasteiger partial charge in [-0.05, 0) is 24.5 Å². The lowest BCUT2D eigenvalue weighted by Crippen LogP contribution is -2.34. The predicted molar refractivity (Wildman–Crippen MR) is 74.7 cm³/mol. The molecule has 0 radical (unpaired) electrons. The zero-order chi connectivity index (χ0) is 15.0. The number of carbonyl (C=O) groups is 1. The topological polar surface area (TPSA) is 81.9 Å². The fraction of sp³-hybridized carbons (Fsp3) is 0.500. The number of nitro benzene ring substituents is 1. The van der Waals surface area contributed by atoms with E-state index < -0.39 is 10.9 Å². The summed E-state index contributed by atoms with van der Waals surface area (Å²) in [6.45, 7) is 2.18. The Hall–Kier alpha value is -2.15. The number of anilines is 1. The normalized spacial score (nSPS) is 20.4. The van der Waals surface area contributed by atoms with Crippen LogP contribution in [0.5, 0.6) is 0 Å². The summed E-state index contributed by atoms with van der Waals surface area (Å²) in [5.74, 6) is -0.681. The first-order valence-electron chi connectivity index (χ1n) is 6.86. The van der Waals surface area contributed by atoms with E-state index >= 15 is 0 Å². The minimum Gasteiger partial charge on any atom is -0.465 e. The number of fused-ring (bicyclic) bond motifs is 1. The second-order valence-electron chi connectivity index (χ2n) is 5.21. The lowest BCUT2D eigenvalue weighted by Gasteiger charge is -2.25. The number of benzene rings is 1. The average Bonchev–Trinajstić information content (AvgIpc) is 3.13. The minimum absolute atomic E-state index is 0.00654. The molecule has 3 rings (SSSR count). The molecule has 0 spiro atoms. The van der Waals surface area contributed by atoms with Gasteiger partial charge in [-0.1, -0.05) is 0 Å². The Kier molecular flexibility index (Phi) is 3.50. The number of rotatable bonds is 3. The molecule has 1 aromatic rings. The zero-order valence-electron chi connectivity index (χ0n) is 11.7. The summed E-state index contributed by atoms with van der Waals surface area (Å²) in [6, 6.07) is 3.36. The van der Waals surface area contributed by atoms with Crippen LogP contribution >= 0.6 is 0 Å². The molecule has 1 atom stereocenters. The van der Waals surface area contributed by atoms with Gasteiger partial charge in [-0.15, -0.1) is 0 Å². The molecule has 21 heavy (non-hydrogen) atoms. The quantitative estimate of drug-likeness (QED) is 0.477. The summed E-state index contributed by atoms with van der Waals surface area (Å²) in [5.41, 5.74) is 1.61. The standard InChI is InChI=1S/C14H16N2O5/c1-20-14(17)11-7-12-9(6-13(11)16(18)19)2-4-15(12)10-3-5-21-8-10/h6-7,10H,2-5,8H2,1H3. The van der Waals surface area contributed by atoms with Crippen LogP contribution in [-0.2, 0) is 15.9 Å². The molecule has 112 valence electrons. The van der Waals surface area contributed by atoms with Crippen molar-refractivity contribution in [3.63, 3.8) is 0 Å². The van der Waals surface area contributed by atoms with Crippen molar-refractivity contribution in [2.75, 3.05) is 31.8 Å². The molecule has 0 N–H and O–H groups in total. The Balaban J connectivity index is 2.04. The fourth-order valence-electron chi connectivity index (χ4n) is 3.02. The highest BCUT2D eigenvalue weighted by atomic mass is 16.6. The van der Waals surface area contributed by atoms with Crippen molar-refractivity contribution in [3.05, 3.63) is 33.4 Å². The first-order valence-corrected chi connectivity index (χ1v) is 6.86. The van der Waals surface area contributed by atoms with Crippen LogP contribution in [0, 0.1) is 10.1 Å². The highest BCUT2D eigenvalue weighted by molar-refractivity contribution is 5.95. The monoisotopic (exact) mass is 292 g/mol. The first kappa shape index (κ1) is 13.8. The molecule has 7 nitrogen and oxygen atoms in total. The second kappa shape index (κ2) is 5.33. The van der Waals surface area contributed by atoms with E-state index in [4.69, 9.17) is 4.74 Å². The number of ether oxygens (including phenoxy) is 2. The molecule has 2 aliphatic rings. The van der Waals surface area contributed by atoms with Gasteiger partial charge in [-0.2, -0.15) is 0 Å². The fourth-order valence-corrected chi connectivity index (χ4v) is 3.02. The molecule has 2 heterocycles. The van der Waals surface area contributed by atoms with Gasteiger partial charge in [0.1, 0.15) is 5.56 Å². The Morgan fingerprint density at radius 2 is 2.33 bits per heavy atom. The van der Waals surface area contributed by atoms with Crippen molar-refractivity contribution in [2.24, 2.45) is 0 Å². The van der Waals surface area contributed by atoms with Gasteiger partial charge in [0.25, 0.3) is 5.69 Å². The maximum atomic E-state index is 11.8. The van der Waals surface area contributed by atoms with E-state index in [1.807, 2.05) is 0 Å². The van der Waals surface area contributed by atoms with Crippen LogP contribution in [0.1, 0.15) is 22.3 Å². The molecular formula is C14H16N2O5. The molecule has 1 saturated heterocycles. The highest BCUT2D eigenvalue weighted by Crippen LogP contribution is 2.36. The third-order valence-electron chi connectivity index (χ3n) is 4.08. The third-order valence-corrected chi connectivity index (χ3v) is 4.08. The summed E-state index contributed by atoms with van der Waals surface area (Å²) in [6.07, 6.45) is 1.68. The van der Waals surface area contributed by atoms with E-state index in [9.17, 15) is 14.9 Å².